The molecule has 26 heavy (non-hydrogen) atoms. The first-order valence-electron chi connectivity index (χ1n) is 7.88. The Balaban J connectivity index is 1.90. The third-order valence-electron chi connectivity index (χ3n) is 3.53. The number of carbonyl (C=O) groups excluding carboxylic acids is 1. The lowest BCUT2D eigenvalue weighted by Gasteiger charge is -2.13. The maximum atomic E-state index is 12.4. The maximum Gasteiger partial charge on any atom is 0.417 e. The quantitative estimate of drug-likeness (QED) is 0.404. The standard InChI is InChI=1S/C21H15Cl2NO2/c22-17-12-7-13-18(14-17)24-21(25)26-20(16-10-5-2-6-11-16)19(23)15-8-3-1-4-9-15/h1-14H,(H,24,25)/b20-19-. The van der Waals surface area contributed by atoms with Crippen LogP contribution in [0.5, 0.6) is 0 Å². The van der Waals surface area contributed by atoms with E-state index in [0.29, 0.717) is 21.3 Å². The molecule has 0 spiro atoms. The van der Waals surface area contributed by atoms with E-state index < -0.39 is 6.09 Å². The summed E-state index contributed by atoms with van der Waals surface area (Å²) in [5, 5.41) is 3.51. The highest BCUT2D eigenvalue weighted by molar-refractivity contribution is 6.52. The van der Waals surface area contributed by atoms with Gasteiger partial charge in [-0.2, -0.15) is 0 Å². The summed E-state index contributed by atoms with van der Waals surface area (Å²) >= 11 is 12.5. The van der Waals surface area contributed by atoms with E-state index in [0.717, 1.165) is 5.56 Å². The lowest BCUT2D eigenvalue weighted by Crippen LogP contribution is -2.13. The van der Waals surface area contributed by atoms with Crippen LogP contribution in [0.2, 0.25) is 5.02 Å². The predicted octanol–water partition coefficient (Wildman–Crippen LogP) is 6.65. The van der Waals surface area contributed by atoms with E-state index in [-0.39, 0.29) is 5.76 Å². The molecule has 1 amide bonds. The van der Waals surface area contributed by atoms with E-state index in [1.54, 1.807) is 24.3 Å². The molecule has 3 rings (SSSR count). The summed E-state index contributed by atoms with van der Waals surface area (Å²) in [5.74, 6) is 0.276. The molecule has 5 heteroatoms. The van der Waals surface area contributed by atoms with E-state index in [1.807, 2.05) is 60.7 Å². The Hall–Kier alpha value is -2.75. The SMILES string of the molecule is O=C(Nc1cccc(Cl)c1)O/C(=C(\Cl)c1ccccc1)c1ccccc1. The van der Waals surface area contributed by atoms with Gasteiger partial charge in [0, 0.05) is 16.3 Å². The smallest absolute Gasteiger partial charge is 0.408 e. The van der Waals surface area contributed by atoms with E-state index in [4.69, 9.17) is 27.9 Å². The fourth-order valence-electron chi connectivity index (χ4n) is 2.34. The number of rotatable bonds is 4. The Morgan fingerprint density at radius 2 is 1.42 bits per heavy atom. The van der Waals surface area contributed by atoms with Crippen LogP contribution >= 0.6 is 23.2 Å². The Labute approximate surface area is 161 Å². The molecule has 0 saturated carbocycles. The molecule has 0 radical (unpaired) electrons. The van der Waals surface area contributed by atoms with Crippen LogP contribution in [0.15, 0.2) is 84.9 Å². The molecule has 0 fully saturated rings. The van der Waals surface area contributed by atoms with Crippen LogP contribution in [0.1, 0.15) is 11.1 Å². The Bertz CT molecular complexity index is 925. The van der Waals surface area contributed by atoms with E-state index >= 15 is 0 Å². The van der Waals surface area contributed by atoms with Crippen LogP contribution in [0.25, 0.3) is 10.8 Å². The zero-order valence-electron chi connectivity index (χ0n) is 13.7. The van der Waals surface area contributed by atoms with E-state index in [9.17, 15) is 4.79 Å². The van der Waals surface area contributed by atoms with Gasteiger partial charge in [0.25, 0.3) is 0 Å². The summed E-state index contributed by atoms with van der Waals surface area (Å²) in [6, 6.07) is 25.4. The minimum atomic E-state index is -0.653. The molecular weight excluding hydrogens is 369 g/mol. The van der Waals surface area contributed by atoms with Gasteiger partial charge in [-0.25, -0.2) is 4.79 Å². The van der Waals surface area contributed by atoms with Crippen molar-refractivity contribution in [1.29, 1.82) is 0 Å². The second kappa shape index (κ2) is 8.56. The Morgan fingerprint density at radius 1 is 0.808 bits per heavy atom. The number of halogens is 2. The first-order chi connectivity index (χ1) is 12.6. The van der Waals surface area contributed by atoms with Gasteiger partial charge in [0.1, 0.15) is 0 Å². The minimum Gasteiger partial charge on any atom is -0.408 e. The topological polar surface area (TPSA) is 38.3 Å². The van der Waals surface area contributed by atoms with Crippen LogP contribution in [0.4, 0.5) is 10.5 Å². The monoisotopic (exact) mass is 383 g/mol. The third-order valence-corrected chi connectivity index (χ3v) is 4.15. The number of nitrogens with one attached hydrogen (secondary N) is 1. The third kappa shape index (κ3) is 4.66. The van der Waals surface area contributed by atoms with Gasteiger partial charge in [-0.3, -0.25) is 5.32 Å². The van der Waals surface area contributed by atoms with Crippen LogP contribution in [-0.4, -0.2) is 6.09 Å². The van der Waals surface area contributed by atoms with Gasteiger partial charge < -0.3 is 4.74 Å². The highest BCUT2D eigenvalue weighted by atomic mass is 35.5. The van der Waals surface area contributed by atoms with Gasteiger partial charge in [0.2, 0.25) is 0 Å². The molecule has 0 saturated heterocycles. The number of benzene rings is 3. The molecule has 0 aliphatic rings. The number of amides is 1. The van der Waals surface area contributed by atoms with Crippen molar-refractivity contribution in [2.75, 3.05) is 5.32 Å². The lowest BCUT2D eigenvalue weighted by atomic mass is 10.1. The number of ether oxygens (including phenoxy) is 1. The first kappa shape index (κ1) is 18.1. The summed E-state index contributed by atoms with van der Waals surface area (Å²) < 4.78 is 5.55. The van der Waals surface area contributed by atoms with Gasteiger partial charge in [0.05, 0.1) is 5.03 Å². The van der Waals surface area contributed by atoms with E-state index in [1.165, 1.54) is 0 Å². The highest BCUT2D eigenvalue weighted by Gasteiger charge is 2.16. The summed E-state index contributed by atoms with van der Waals surface area (Å²) in [5.41, 5.74) is 1.98. The molecule has 3 aromatic rings. The van der Waals surface area contributed by atoms with Crippen molar-refractivity contribution in [2.45, 2.75) is 0 Å². The van der Waals surface area contributed by atoms with E-state index in [2.05, 4.69) is 5.32 Å². The molecule has 0 bridgehead atoms. The van der Waals surface area contributed by atoms with Crippen molar-refractivity contribution in [3.05, 3.63) is 101 Å². The largest absolute Gasteiger partial charge is 0.417 e. The summed E-state index contributed by atoms with van der Waals surface area (Å²) in [4.78, 5) is 12.4. The van der Waals surface area contributed by atoms with Crippen molar-refractivity contribution in [1.82, 2.24) is 0 Å². The lowest BCUT2D eigenvalue weighted by molar-refractivity contribution is 0.207. The molecular formula is C21H15Cl2NO2. The summed E-state index contributed by atoms with van der Waals surface area (Å²) in [7, 11) is 0. The molecule has 0 unspecified atom stereocenters. The molecule has 130 valence electrons. The van der Waals surface area contributed by atoms with Crippen molar-refractivity contribution in [3.63, 3.8) is 0 Å². The van der Waals surface area contributed by atoms with Gasteiger partial charge in [-0.15, -0.1) is 0 Å². The second-order valence-corrected chi connectivity index (χ2v) is 6.21. The zero-order chi connectivity index (χ0) is 18.4. The summed E-state index contributed by atoms with van der Waals surface area (Å²) in [6.45, 7) is 0. The normalized spacial score (nSPS) is 11.5. The molecule has 0 aliphatic heterocycles. The zero-order valence-corrected chi connectivity index (χ0v) is 15.2. The summed E-state index contributed by atoms with van der Waals surface area (Å²) in [6.07, 6.45) is -0.653. The van der Waals surface area contributed by atoms with Gasteiger partial charge >= 0.3 is 6.09 Å². The van der Waals surface area contributed by atoms with Crippen LogP contribution in [-0.2, 0) is 4.74 Å². The van der Waals surface area contributed by atoms with Gasteiger partial charge in [-0.1, -0.05) is 89.9 Å². The average Bonchev–Trinajstić information content (AvgIpc) is 2.67. The van der Waals surface area contributed by atoms with Crippen molar-refractivity contribution in [2.24, 2.45) is 0 Å². The van der Waals surface area contributed by atoms with Crippen LogP contribution < -0.4 is 5.32 Å². The predicted molar refractivity (Wildman–Crippen MR) is 107 cm³/mol. The Morgan fingerprint density at radius 3 is 2.04 bits per heavy atom. The first-order valence-corrected chi connectivity index (χ1v) is 8.64. The van der Waals surface area contributed by atoms with Crippen molar-refractivity contribution < 1.29 is 9.53 Å². The fourth-order valence-corrected chi connectivity index (χ4v) is 2.80. The number of hydrogen-bond donors (Lipinski definition) is 1. The number of hydrogen-bond acceptors (Lipinski definition) is 2. The van der Waals surface area contributed by atoms with Crippen LogP contribution in [0, 0.1) is 0 Å². The molecule has 0 atom stereocenters. The van der Waals surface area contributed by atoms with Gasteiger partial charge in [0.15, 0.2) is 5.76 Å². The van der Waals surface area contributed by atoms with Crippen molar-refractivity contribution in [3.8, 4) is 0 Å². The molecule has 0 aliphatic carbocycles. The highest BCUT2D eigenvalue weighted by Crippen LogP contribution is 2.31. The fraction of sp³-hybridized carbons (Fsp3) is 0. The second-order valence-electron chi connectivity index (χ2n) is 5.40. The maximum absolute atomic E-state index is 12.4. The Kier molecular flexibility index (Phi) is 5.95. The van der Waals surface area contributed by atoms with Gasteiger partial charge in [-0.05, 0) is 23.8 Å². The molecule has 3 aromatic carbocycles. The molecule has 1 N–H and O–H groups in total. The van der Waals surface area contributed by atoms with Crippen LogP contribution in [0.3, 0.4) is 0 Å². The molecule has 0 heterocycles. The average molecular weight is 384 g/mol. The van der Waals surface area contributed by atoms with Crippen molar-refractivity contribution >= 4 is 45.8 Å². The minimum absolute atomic E-state index is 0.276. The molecule has 3 nitrogen and oxygen atoms in total. The number of anilines is 1. The molecule has 0 aromatic heterocycles. The number of carbonyl (C=O) groups is 1.